The maximum Gasteiger partial charge on any atom is 0.416 e. The Morgan fingerprint density at radius 3 is 2.04 bits per heavy atom. The number of halogens is 3. The first-order valence-electron chi connectivity index (χ1n) is 7.90. The molecule has 0 amide bonds. The van der Waals surface area contributed by atoms with Crippen LogP contribution in [0.1, 0.15) is 11.3 Å². The number of sulfonamides is 1. The van der Waals surface area contributed by atoms with Gasteiger partial charge in [-0.3, -0.25) is 0 Å². The van der Waals surface area contributed by atoms with Crippen molar-refractivity contribution >= 4 is 15.8 Å². The molecule has 0 spiro atoms. The van der Waals surface area contributed by atoms with E-state index in [0.717, 1.165) is 30.0 Å². The second-order valence-corrected chi connectivity index (χ2v) is 7.88. The molecule has 3 rings (SSSR count). The zero-order valence-corrected chi connectivity index (χ0v) is 14.8. The molecule has 2 heterocycles. The topological polar surface area (TPSA) is 66.4 Å². The predicted molar refractivity (Wildman–Crippen MR) is 89.2 cm³/mol. The summed E-state index contributed by atoms with van der Waals surface area (Å²) < 4.78 is 64.4. The van der Waals surface area contributed by atoms with Crippen molar-refractivity contribution in [2.24, 2.45) is 0 Å². The molecule has 10 heteroatoms. The average Bonchev–Trinajstić information content (AvgIpc) is 2.62. The Bertz CT molecular complexity index is 860. The van der Waals surface area contributed by atoms with Crippen molar-refractivity contribution < 1.29 is 21.6 Å². The van der Waals surface area contributed by atoms with Crippen LogP contribution in [0, 0.1) is 6.92 Å². The Morgan fingerprint density at radius 1 is 0.923 bits per heavy atom. The first-order chi connectivity index (χ1) is 12.2. The highest BCUT2D eigenvalue weighted by Gasteiger charge is 2.32. The highest BCUT2D eigenvalue weighted by atomic mass is 32.2. The van der Waals surface area contributed by atoms with Crippen molar-refractivity contribution in [1.82, 2.24) is 14.5 Å². The fourth-order valence-electron chi connectivity index (χ4n) is 2.68. The fraction of sp³-hybridized carbons (Fsp3) is 0.375. The smallest absolute Gasteiger partial charge is 0.352 e. The molecule has 0 atom stereocenters. The van der Waals surface area contributed by atoms with Gasteiger partial charge < -0.3 is 4.90 Å². The molecule has 140 valence electrons. The van der Waals surface area contributed by atoms with E-state index in [9.17, 15) is 21.6 Å². The van der Waals surface area contributed by atoms with Crippen LogP contribution in [-0.2, 0) is 16.2 Å². The maximum atomic E-state index is 12.6. The molecule has 1 aliphatic rings. The molecule has 0 N–H and O–H groups in total. The van der Waals surface area contributed by atoms with E-state index in [0.29, 0.717) is 18.9 Å². The average molecular weight is 386 g/mol. The minimum Gasteiger partial charge on any atom is -0.352 e. The van der Waals surface area contributed by atoms with Gasteiger partial charge in [0, 0.05) is 26.2 Å². The standard InChI is InChI=1S/C16H17F3N4O2S/c1-12-2-7-15(21-20-12)22-8-10-23(11-9-22)26(24,25)14-5-3-13(4-6-14)16(17,18)19/h2-7H,8-11H2,1H3. The van der Waals surface area contributed by atoms with E-state index in [1.807, 2.05) is 24.0 Å². The number of hydrogen-bond donors (Lipinski definition) is 0. The van der Waals surface area contributed by atoms with Gasteiger partial charge in [0.2, 0.25) is 10.0 Å². The Labute approximate surface area is 149 Å². The quantitative estimate of drug-likeness (QED) is 0.810. The number of piperazine rings is 1. The summed E-state index contributed by atoms with van der Waals surface area (Å²) in [4.78, 5) is 1.78. The van der Waals surface area contributed by atoms with Crippen molar-refractivity contribution in [1.29, 1.82) is 0 Å². The lowest BCUT2D eigenvalue weighted by atomic mass is 10.2. The largest absolute Gasteiger partial charge is 0.416 e. The predicted octanol–water partition coefficient (Wildman–Crippen LogP) is 2.31. The third-order valence-electron chi connectivity index (χ3n) is 4.17. The molecule has 0 unspecified atom stereocenters. The van der Waals surface area contributed by atoms with E-state index in [-0.39, 0.29) is 18.0 Å². The first kappa shape index (κ1) is 18.6. The van der Waals surface area contributed by atoms with Gasteiger partial charge in [-0.25, -0.2) is 8.42 Å². The molecule has 0 radical (unpaired) electrons. The van der Waals surface area contributed by atoms with E-state index in [1.165, 1.54) is 4.31 Å². The number of nitrogens with zero attached hydrogens (tertiary/aromatic N) is 4. The number of rotatable bonds is 3. The molecule has 1 aromatic heterocycles. The van der Waals surface area contributed by atoms with Crippen LogP contribution in [0.2, 0.25) is 0 Å². The zero-order valence-electron chi connectivity index (χ0n) is 13.9. The van der Waals surface area contributed by atoms with Crippen molar-refractivity contribution in [3.05, 3.63) is 47.7 Å². The van der Waals surface area contributed by atoms with Gasteiger partial charge in [-0.05, 0) is 43.3 Å². The number of aromatic nitrogens is 2. The monoisotopic (exact) mass is 386 g/mol. The van der Waals surface area contributed by atoms with Gasteiger partial charge in [0.05, 0.1) is 16.2 Å². The van der Waals surface area contributed by atoms with Crippen molar-refractivity contribution in [3.63, 3.8) is 0 Å². The Kier molecular flexibility index (Phi) is 4.89. The number of anilines is 1. The molecule has 2 aromatic rings. The Hall–Kier alpha value is -2.20. The van der Waals surface area contributed by atoms with Crippen molar-refractivity contribution in [2.75, 3.05) is 31.1 Å². The number of alkyl halides is 3. The van der Waals surface area contributed by atoms with Gasteiger partial charge in [-0.1, -0.05) is 0 Å². The minimum absolute atomic E-state index is 0.144. The van der Waals surface area contributed by atoms with Crippen LogP contribution in [0.25, 0.3) is 0 Å². The number of benzene rings is 1. The summed E-state index contributed by atoms with van der Waals surface area (Å²) in [6.45, 7) is 3.12. The molecular weight excluding hydrogens is 369 g/mol. The molecule has 0 bridgehead atoms. The molecule has 1 aromatic carbocycles. The maximum absolute atomic E-state index is 12.6. The minimum atomic E-state index is -4.50. The highest BCUT2D eigenvalue weighted by Crippen LogP contribution is 2.30. The molecular formula is C16H17F3N4O2S. The number of aryl methyl sites for hydroxylation is 1. The lowest BCUT2D eigenvalue weighted by Gasteiger charge is -2.34. The van der Waals surface area contributed by atoms with Crippen molar-refractivity contribution in [3.8, 4) is 0 Å². The van der Waals surface area contributed by atoms with E-state index in [1.54, 1.807) is 0 Å². The summed E-state index contributed by atoms with van der Waals surface area (Å²) in [6, 6.07) is 7.21. The highest BCUT2D eigenvalue weighted by molar-refractivity contribution is 7.89. The lowest BCUT2D eigenvalue weighted by Crippen LogP contribution is -2.49. The molecule has 0 saturated carbocycles. The first-order valence-corrected chi connectivity index (χ1v) is 9.34. The summed E-state index contributed by atoms with van der Waals surface area (Å²) in [5.41, 5.74) is -0.0866. The third-order valence-corrected chi connectivity index (χ3v) is 6.08. The van der Waals surface area contributed by atoms with Crippen LogP contribution in [-0.4, -0.2) is 49.1 Å². The van der Waals surface area contributed by atoms with Crippen LogP contribution in [0.15, 0.2) is 41.3 Å². The van der Waals surface area contributed by atoms with Gasteiger partial charge in [0.25, 0.3) is 0 Å². The molecule has 6 nitrogen and oxygen atoms in total. The van der Waals surface area contributed by atoms with Gasteiger partial charge >= 0.3 is 6.18 Å². The molecule has 1 saturated heterocycles. The van der Waals surface area contributed by atoms with E-state index < -0.39 is 21.8 Å². The fourth-order valence-corrected chi connectivity index (χ4v) is 4.11. The van der Waals surface area contributed by atoms with E-state index in [2.05, 4.69) is 10.2 Å². The second kappa shape index (κ2) is 6.84. The Balaban J connectivity index is 1.70. The van der Waals surface area contributed by atoms with Crippen molar-refractivity contribution in [2.45, 2.75) is 18.0 Å². The summed E-state index contributed by atoms with van der Waals surface area (Å²) >= 11 is 0. The van der Waals surface area contributed by atoms with Crippen LogP contribution in [0.3, 0.4) is 0 Å². The summed E-state index contributed by atoms with van der Waals surface area (Å²) in [7, 11) is -3.83. The van der Waals surface area contributed by atoms with Gasteiger partial charge in [-0.15, -0.1) is 5.10 Å². The summed E-state index contributed by atoms with van der Waals surface area (Å²) in [6.07, 6.45) is -4.50. The van der Waals surface area contributed by atoms with Gasteiger partial charge in [0.15, 0.2) is 5.82 Å². The van der Waals surface area contributed by atoms with Crippen LogP contribution < -0.4 is 4.90 Å². The zero-order chi connectivity index (χ0) is 18.9. The summed E-state index contributed by atoms with van der Waals surface area (Å²) in [5, 5.41) is 8.06. The molecule has 1 aliphatic heterocycles. The second-order valence-electron chi connectivity index (χ2n) is 5.95. The van der Waals surface area contributed by atoms with E-state index in [4.69, 9.17) is 0 Å². The van der Waals surface area contributed by atoms with Crippen LogP contribution in [0.5, 0.6) is 0 Å². The summed E-state index contributed by atoms with van der Waals surface area (Å²) in [5.74, 6) is 0.669. The lowest BCUT2D eigenvalue weighted by molar-refractivity contribution is -0.137. The normalized spacial score (nSPS) is 16.7. The van der Waals surface area contributed by atoms with Gasteiger partial charge in [-0.2, -0.15) is 22.6 Å². The van der Waals surface area contributed by atoms with Crippen LogP contribution in [0.4, 0.5) is 19.0 Å². The molecule has 26 heavy (non-hydrogen) atoms. The van der Waals surface area contributed by atoms with E-state index >= 15 is 0 Å². The molecule has 0 aliphatic carbocycles. The third kappa shape index (κ3) is 3.80. The number of hydrogen-bond acceptors (Lipinski definition) is 5. The molecule has 1 fully saturated rings. The van der Waals surface area contributed by atoms with Crippen LogP contribution >= 0.6 is 0 Å². The Morgan fingerprint density at radius 2 is 1.54 bits per heavy atom. The van der Waals surface area contributed by atoms with Gasteiger partial charge in [0.1, 0.15) is 0 Å². The SMILES string of the molecule is Cc1ccc(N2CCN(S(=O)(=O)c3ccc(C(F)(F)F)cc3)CC2)nn1.